The number of hydrogen-bond acceptors (Lipinski definition) is 2. The normalized spacial score (nSPS) is 28.6. The molecule has 0 heterocycles. The molecule has 120 valence electrons. The highest BCUT2D eigenvalue weighted by Gasteiger charge is 2.36. The van der Waals surface area contributed by atoms with Gasteiger partial charge in [0.1, 0.15) is 0 Å². The van der Waals surface area contributed by atoms with E-state index in [1.165, 1.54) is 19.3 Å². The molecule has 20 heavy (non-hydrogen) atoms. The van der Waals surface area contributed by atoms with Gasteiger partial charge >= 0.3 is 0 Å². The molecule has 2 nitrogen and oxygen atoms in total. The molecule has 3 unspecified atom stereocenters. The Morgan fingerprint density at radius 1 is 1.00 bits per heavy atom. The predicted molar refractivity (Wildman–Crippen MR) is 88.0 cm³/mol. The molecule has 1 aliphatic rings. The summed E-state index contributed by atoms with van der Waals surface area (Å²) in [4.78, 5) is 0. The van der Waals surface area contributed by atoms with Gasteiger partial charge in [-0.2, -0.15) is 0 Å². The summed E-state index contributed by atoms with van der Waals surface area (Å²) in [5, 5.41) is 3.70. The Hall–Kier alpha value is -0.0800. The first-order valence-electron chi connectivity index (χ1n) is 8.46. The largest absolute Gasteiger partial charge is 0.381 e. The van der Waals surface area contributed by atoms with Crippen LogP contribution in [0.1, 0.15) is 67.7 Å². The lowest BCUT2D eigenvalue weighted by Crippen LogP contribution is -2.44. The Labute approximate surface area is 127 Å². The van der Waals surface area contributed by atoms with Crippen LogP contribution in [0.25, 0.3) is 0 Å². The minimum Gasteiger partial charge on any atom is -0.381 e. The van der Waals surface area contributed by atoms with Crippen LogP contribution in [0.15, 0.2) is 0 Å². The van der Waals surface area contributed by atoms with Gasteiger partial charge in [0.2, 0.25) is 0 Å². The van der Waals surface area contributed by atoms with Crippen LogP contribution in [-0.2, 0) is 4.74 Å². The van der Waals surface area contributed by atoms with E-state index in [0.717, 1.165) is 37.5 Å². The van der Waals surface area contributed by atoms with Crippen LogP contribution in [0.4, 0.5) is 0 Å². The number of nitrogens with one attached hydrogen (secondary N) is 1. The van der Waals surface area contributed by atoms with E-state index in [4.69, 9.17) is 4.74 Å². The second-order valence-electron chi connectivity index (χ2n) is 8.69. The minimum absolute atomic E-state index is 0.219. The highest BCUT2D eigenvalue weighted by atomic mass is 16.5. The van der Waals surface area contributed by atoms with Gasteiger partial charge in [-0.15, -0.1) is 0 Å². The molecule has 0 spiro atoms. The third-order valence-corrected chi connectivity index (χ3v) is 4.80. The van der Waals surface area contributed by atoms with Crippen LogP contribution in [-0.4, -0.2) is 25.3 Å². The second-order valence-corrected chi connectivity index (χ2v) is 8.69. The Bertz CT molecular complexity index is 274. The van der Waals surface area contributed by atoms with Crippen LogP contribution in [0.3, 0.4) is 0 Å². The first-order chi connectivity index (χ1) is 9.13. The molecule has 0 aliphatic heterocycles. The molecule has 1 N–H and O–H groups in total. The van der Waals surface area contributed by atoms with Crippen molar-refractivity contribution in [2.24, 2.45) is 23.2 Å². The molecule has 0 saturated heterocycles. The molecule has 0 amide bonds. The lowest BCUT2D eigenvalue weighted by atomic mass is 9.65. The van der Waals surface area contributed by atoms with Gasteiger partial charge in [-0.3, -0.25) is 0 Å². The molecular formula is C18H37NO. The standard InChI is InChI=1S/C18H37NO/c1-8-20-13-15-11-16(17(2,3)4)10-9-14(15)12-19-18(5,6)7/h14-16,19H,8-13H2,1-7H3. The lowest BCUT2D eigenvalue weighted by Gasteiger charge is -2.42. The maximum atomic E-state index is 5.77. The highest BCUT2D eigenvalue weighted by molar-refractivity contribution is 4.87. The lowest BCUT2D eigenvalue weighted by molar-refractivity contribution is 0.0253. The van der Waals surface area contributed by atoms with E-state index in [1.807, 2.05) is 0 Å². The Kier molecular flexibility index (Phi) is 6.53. The Balaban J connectivity index is 2.60. The van der Waals surface area contributed by atoms with Crippen molar-refractivity contribution in [1.29, 1.82) is 0 Å². The van der Waals surface area contributed by atoms with Crippen LogP contribution in [0.5, 0.6) is 0 Å². The zero-order valence-electron chi connectivity index (χ0n) is 14.9. The monoisotopic (exact) mass is 283 g/mol. The molecule has 1 fully saturated rings. The SMILES string of the molecule is CCOCC1CC(C(C)(C)C)CCC1CNC(C)(C)C. The van der Waals surface area contributed by atoms with E-state index in [2.05, 4.69) is 53.8 Å². The Morgan fingerprint density at radius 2 is 1.65 bits per heavy atom. The van der Waals surface area contributed by atoms with Crippen molar-refractivity contribution in [2.45, 2.75) is 73.3 Å². The van der Waals surface area contributed by atoms with Crippen molar-refractivity contribution in [3.05, 3.63) is 0 Å². The predicted octanol–water partition coefficient (Wildman–Crippen LogP) is 4.49. The summed E-state index contributed by atoms with van der Waals surface area (Å²) in [6.07, 6.45) is 4.06. The van der Waals surface area contributed by atoms with Gasteiger partial charge in [-0.05, 0) is 76.7 Å². The van der Waals surface area contributed by atoms with Crippen LogP contribution < -0.4 is 5.32 Å². The third kappa shape index (κ3) is 6.13. The molecule has 0 bridgehead atoms. The summed E-state index contributed by atoms with van der Waals surface area (Å²) < 4.78 is 5.77. The minimum atomic E-state index is 0.219. The summed E-state index contributed by atoms with van der Waals surface area (Å²) in [5.41, 5.74) is 0.657. The average Bonchev–Trinajstić information content (AvgIpc) is 2.32. The molecule has 1 rings (SSSR count). The number of rotatable bonds is 5. The topological polar surface area (TPSA) is 21.3 Å². The van der Waals surface area contributed by atoms with E-state index >= 15 is 0 Å². The van der Waals surface area contributed by atoms with Gasteiger partial charge in [-0.25, -0.2) is 0 Å². The summed E-state index contributed by atoms with van der Waals surface area (Å²) in [7, 11) is 0. The summed E-state index contributed by atoms with van der Waals surface area (Å²) >= 11 is 0. The summed E-state index contributed by atoms with van der Waals surface area (Å²) in [6.45, 7) is 19.0. The van der Waals surface area contributed by atoms with Gasteiger partial charge < -0.3 is 10.1 Å². The maximum absolute atomic E-state index is 5.77. The molecular weight excluding hydrogens is 246 g/mol. The van der Waals surface area contributed by atoms with Gasteiger partial charge in [0.15, 0.2) is 0 Å². The van der Waals surface area contributed by atoms with Crippen LogP contribution in [0.2, 0.25) is 0 Å². The van der Waals surface area contributed by atoms with E-state index in [1.54, 1.807) is 0 Å². The van der Waals surface area contributed by atoms with Gasteiger partial charge in [0.05, 0.1) is 0 Å². The molecule has 0 aromatic rings. The quantitative estimate of drug-likeness (QED) is 0.802. The zero-order valence-corrected chi connectivity index (χ0v) is 14.9. The molecule has 1 aliphatic carbocycles. The van der Waals surface area contributed by atoms with E-state index in [-0.39, 0.29) is 5.54 Å². The highest BCUT2D eigenvalue weighted by Crippen LogP contribution is 2.42. The van der Waals surface area contributed by atoms with Crippen LogP contribution >= 0.6 is 0 Å². The first-order valence-corrected chi connectivity index (χ1v) is 8.46. The van der Waals surface area contributed by atoms with Crippen molar-refractivity contribution >= 4 is 0 Å². The third-order valence-electron chi connectivity index (χ3n) is 4.80. The van der Waals surface area contributed by atoms with Crippen molar-refractivity contribution in [3.63, 3.8) is 0 Å². The fraction of sp³-hybridized carbons (Fsp3) is 1.00. The van der Waals surface area contributed by atoms with Gasteiger partial charge in [0.25, 0.3) is 0 Å². The second kappa shape index (κ2) is 7.26. The molecule has 0 aromatic heterocycles. The molecule has 1 saturated carbocycles. The molecule has 0 aromatic carbocycles. The van der Waals surface area contributed by atoms with Crippen molar-refractivity contribution < 1.29 is 4.74 Å². The average molecular weight is 284 g/mol. The van der Waals surface area contributed by atoms with Gasteiger partial charge in [0, 0.05) is 18.8 Å². The van der Waals surface area contributed by atoms with Crippen molar-refractivity contribution in [2.75, 3.05) is 19.8 Å². The summed E-state index contributed by atoms with van der Waals surface area (Å²) in [6, 6.07) is 0. The van der Waals surface area contributed by atoms with Crippen LogP contribution in [0, 0.1) is 23.2 Å². The number of ether oxygens (including phenoxy) is 1. The zero-order chi connectivity index (χ0) is 15.4. The van der Waals surface area contributed by atoms with Crippen molar-refractivity contribution in [1.82, 2.24) is 5.32 Å². The Morgan fingerprint density at radius 3 is 2.15 bits per heavy atom. The van der Waals surface area contributed by atoms with Gasteiger partial charge in [-0.1, -0.05) is 20.8 Å². The van der Waals surface area contributed by atoms with E-state index in [0.29, 0.717) is 5.41 Å². The number of hydrogen-bond donors (Lipinski definition) is 1. The van der Waals surface area contributed by atoms with E-state index in [9.17, 15) is 0 Å². The van der Waals surface area contributed by atoms with Crippen molar-refractivity contribution in [3.8, 4) is 0 Å². The smallest absolute Gasteiger partial charge is 0.0497 e. The first kappa shape index (κ1) is 18.0. The molecule has 3 atom stereocenters. The van der Waals surface area contributed by atoms with E-state index < -0.39 is 0 Å². The fourth-order valence-electron chi connectivity index (χ4n) is 3.29. The molecule has 0 radical (unpaired) electrons. The molecule has 2 heteroatoms. The maximum Gasteiger partial charge on any atom is 0.0497 e. The fourth-order valence-corrected chi connectivity index (χ4v) is 3.29. The summed E-state index contributed by atoms with van der Waals surface area (Å²) in [5.74, 6) is 2.35.